The molecule has 0 atom stereocenters. The van der Waals surface area contributed by atoms with E-state index >= 15 is 0 Å². The van der Waals surface area contributed by atoms with Crippen molar-refractivity contribution in [2.24, 2.45) is 0 Å². The van der Waals surface area contributed by atoms with E-state index in [2.05, 4.69) is 48.5 Å². The summed E-state index contributed by atoms with van der Waals surface area (Å²) in [5, 5.41) is 4.20. The van der Waals surface area contributed by atoms with E-state index in [0.29, 0.717) is 34.9 Å². The largest absolute Gasteiger partial charge is 0.456 e. The second kappa shape index (κ2) is 13.2. The summed E-state index contributed by atoms with van der Waals surface area (Å²) in [5.41, 5.74) is 7.14. The minimum absolute atomic E-state index is 0.586. The van der Waals surface area contributed by atoms with Gasteiger partial charge in [-0.2, -0.15) is 0 Å². The summed E-state index contributed by atoms with van der Waals surface area (Å²) in [5.74, 6) is 3.67. The van der Waals surface area contributed by atoms with Crippen molar-refractivity contribution < 1.29 is 4.42 Å². The first-order chi connectivity index (χ1) is 27.7. The lowest BCUT2D eigenvalue weighted by atomic mass is 10.0. The van der Waals surface area contributed by atoms with Crippen molar-refractivity contribution in [3.8, 4) is 68.3 Å². The van der Waals surface area contributed by atoms with Crippen molar-refractivity contribution in [3.05, 3.63) is 170 Å². The van der Waals surface area contributed by atoms with Gasteiger partial charge in [-0.1, -0.05) is 146 Å². The number of benzene rings is 7. The molecule has 262 valence electrons. The van der Waals surface area contributed by atoms with Crippen LogP contribution in [0.15, 0.2) is 174 Å². The summed E-state index contributed by atoms with van der Waals surface area (Å²) in [6, 6.07) is 57.1. The molecule has 4 heterocycles. The Morgan fingerprint density at radius 1 is 0.321 bits per heavy atom. The van der Waals surface area contributed by atoms with Crippen LogP contribution in [0, 0.1) is 0 Å². The van der Waals surface area contributed by atoms with Crippen LogP contribution in [-0.2, 0) is 0 Å². The Kier molecular flexibility index (Phi) is 7.53. The maximum absolute atomic E-state index is 6.26. The van der Waals surface area contributed by atoms with Crippen molar-refractivity contribution in [2.45, 2.75) is 0 Å². The second-order valence-corrected chi connectivity index (χ2v) is 14.6. The van der Waals surface area contributed by atoms with Gasteiger partial charge in [0.25, 0.3) is 0 Å². The topological polar surface area (TPSA) is 90.5 Å². The van der Waals surface area contributed by atoms with Gasteiger partial charge in [0, 0.05) is 64.3 Å². The summed E-state index contributed by atoms with van der Waals surface area (Å²) in [7, 11) is 0. The van der Waals surface area contributed by atoms with Gasteiger partial charge in [0.05, 0.1) is 0 Å². The number of para-hydroxylation sites is 1. The first-order valence-electron chi connectivity index (χ1n) is 18.3. The Bertz CT molecular complexity index is 3200. The van der Waals surface area contributed by atoms with Gasteiger partial charge in [-0.15, -0.1) is 11.3 Å². The van der Waals surface area contributed by atoms with Gasteiger partial charge in [-0.25, -0.2) is 29.9 Å². The molecule has 56 heavy (non-hydrogen) atoms. The van der Waals surface area contributed by atoms with E-state index in [1.807, 2.05) is 121 Å². The number of rotatable bonds is 6. The highest BCUT2D eigenvalue weighted by atomic mass is 32.1. The Morgan fingerprint density at radius 3 is 1.43 bits per heavy atom. The third-order valence-corrected chi connectivity index (χ3v) is 11.1. The number of nitrogens with zero attached hydrogens (tertiary/aromatic N) is 6. The van der Waals surface area contributed by atoms with Gasteiger partial charge in [-0.05, 0) is 24.3 Å². The van der Waals surface area contributed by atoms with E-state index in [9.17, 15) is 0 Å². The normalized spacial score (nSPS) is 11.6. The van der Waals surface area contributed by atoms with Crippen LogP contribution in [-0.4, -0.2) is 29.9 Å². The summed E-state index contributed by atoms with van der Waals surface area (Å²) in [4.78, 5) is 30.3. The Balaban J connectivity index is 1.09. The van der Waals surface area contributed by atoms with Gasteiger partial charge < -0.3 is 4.42 Å². The van der Waals surface area contributed by atoms with Crippen LogP contribution < -0.4 is 0 Å². The molecule has 0 aliphatic rings. The van der Waals surface area contributed by atoms with Crippen molar-refractivity contribution >= 4 is 53.4 Å². The molecule has 0 N–H and O–H groups in total. The molecule has 8 heteroatoms. The van der Waals surface area contributed by atoms with Crippen molar-refractivity contribution in [3.63, 3.8) is 0 Å². The van der Waals surface area contributed by atoms with Gasteiger partial charge >= 0.3 is 0 Å². The van der Waals surface area contributed by atoms with E-state index in [4.69, 9.17) is 34.3 Å². The highest BCUT2D eigenvalue weighted by Gasteiger charge is 2.21. The van der Waals surface area contributed by atoms with Crippen LogP contribution in [0.1, 0.15) is 0 Å². The lowest BCUT2D eigenvalue weighted by molar-refractivity contribution is 0.669. The van der Waals surface area contributed by atoms with Crippen LogP contribution in [0.3, 0.4) is 0 Å². The molecule has 0 bridgehead atoms. The summed E-state index contributed by atoms with van der Waals surface area (Å²) < 4.78 is 8.50. The lowest BCUT2D eigenvalue weighted by Crippen LogP contribution is -2.00. The van der Waals surface area contributed by atoms with E-state index in [-0.39, 0.29) is 0 Å². The molecular weight excluding hydrogens is 709 g/mol. The maximum atomic E-state index is 6.26. The second-order valence-electron chi connectivity index (χ2n) is 13.5. The van der Waals surface area contributed by atoms with Gasteiger partial charge in [0.2, 0.25) is 0 Å². The number of aromatic nitrogens is 6. The smallest absolute Gasteiger partial charge is 0.164 e. The predicted octanol–water partition coefficient (Wildman–Crippen LogP) is 12.3. The molecule has 0 aliphatic heterocycles. The first-order valence-corrected chi connectivity index (χ1v) is 19.1. The fourth-order valence-electron chi connectivity index (χ4n) is 7.38. The third-order valence-electron chi connectivity index (χ3n) is 10.0. The lowest BCUT2D eigenvalue weighted by Gasteiger charge is -2.10. The summed E-state index contributed by atoms with van der Waals surface area (Å²) in [6.07, 6.45) is 0. The SMILES string of the molecule is c1ccc(-c2nc(-c3ccccc3)nc(-c3ccc4c(c3)sc3cccc(-c5nc(-c6ccccc6)nc(-c6cccc7oc8ccccc8c67)n5)c34)n2)cc1. The number of hydrogen-bond donors (Lipinski definition) is 0. The average Bonchev–Trinajstić information content (AvgIpc) is 3.85. The number of furan rings is 1. The van der Waals surface area contributed by atoms with Crippen LogP contribution in [0.5, 0.6) is 0 Å². The molecule has 11 aromatic rings. The van der Waals surface area contributed by atoms with E-state index < -0.39 is 0 Å². The number of hydrogen-bond acceptors (Lipinski definition) is 8. The molecule has 0 saturated carbocycles. The number of thiophene rings is 1. The number of fused-ring (bicyclic) bond motifs is 6. The molecule has 7 aromatic carbocycles. The van der Waals surface area contributed by atoms with Crippen LogP contribution in [0.25, 0.3) is 110 Å². The zero-order chi connectivity index (χ0) is 37.0. The summed E-state index contributed by atoms with van der Waals surface area (Å²) in [6.45, 7) is 0. The van der Waals surface area contributed by atoms with Crippen LogP contribution in [0.2, 0.25) is 0 Å². The molecular formula is C48H28N6OS. The molecule has 0 aliphatic carbocycles. The van der Waals surface area contributed by atoms with Gasteiger partial charge in [0.15, 0.2) is 34.9 Å². The Hall–Kier alpha value is -7.42. The maximum Gasteiger partial charge on any atom is 0.164 e. The standard InChI is InChI=1S/C48H28N6OS/c1-4-14-29(15-5-1)43-49-44(30-16-6-2-7-17-30)51-46(50-43)32-26-27-34-40(28-32)56-39-25-13-22-36(42(34)39)48-53-45(31-18-8-3-9-19-31)52-47(54-48)35-21-12-24-38-41(35)33-20-10-11-23-37(33)55-38/h1-28H. The zero-order valence-electron chi connectivity index (χ0n) is 29.7. The fraction of sp³-hybridized carbons (Fsp3) is 0. The molecule has 0 saturated heterocycles. The quantitative estimate of drug-likeness (QED) is 0.168. The Labute approximate surface area is 324 Å². The van der Waals surface area contributed by atoms with Crippen molar-refractivity contribution in [1.29, 1.82) is 0 Å². The summed E-state index contributed by atoms with van der Waals surface area (Å²) >= 11 is 1.73. The van der Waals surface area contributed by atoms with E-state index in [1.54, 1.807) is 11.3 Å². The molecule has 11 rings (SSSR count). The fourth-order valence-corrected chi connectivity index (χ4v) is 8.55. The minimum atomic E-state index is 0.586. The monoisotopic (exact) mass is 736 g/mol. The molecule has 0 amide bonds. The zero-order valence-corrected chi connectivity index (χ0v) is 30.5. The molecule has 0 spiro atoms. The molecule has 7 nitrogen and oxygen atoms in total. The van der Waals surface area contributed by atoms with E-state index in [1.165, 1.54) is 0 Å². The van der Waals surface area contributed by atoms with Gasteiger partial charge in [-0.3, -0.25) is 0 Å². The Morgan fingerprint density at radius 2 is 0.804 bits per heavy atom. The molecule has 0 unspecified atom stereocenters. The third kappa shape index (κ3) is 5.51. The predicted molar refractivity (Wildman–Crippen MR) is 226 cm³/mol. The van der Waals surface area contributed by atoms with Crippen LogP contribution in [0.4, 0.5) is 0 Å². The van der Waals surface area contributed by atoms with Crippen molar-refractivity contribution in [2.75, 3.05) is 0 Å². The van der Waals surface area contributed by atoms with Crippen molar-refractivity contribution in [1.82, 2.24) is 29.9 Å². The average molecular weight is 737 g/mol. The van der Waals surface area contributed by atoms with Crippen LogP contribution >= 0.6 is 11.3 Å². The molecule has 0 fully saturated rings. The van der Waals surface area contributed by atoms with Gasteiger partial charge in [0.1, 0.15) is 11.2 Å². The molecule has 0 radical (unpaired) electrons. The first kappa shape index (κ1) is 32.0. The molecule has 4 aromatic heterocycles. The van der Waals surface area contributed by atoms with E-state index in [0.717, 1.165) is 75.5 Å². The highest BCUT2D eigenvalue weighted by molar-refractivity contribution is 7.26. The minimum Gasteiger partial charge on any atom is -0.456 e. The highest BCUT2D eigenvalue weighted by Crippen LogP contribution is 2.42.